The number of para-hydroxylation sites is 2. The van der Waals surface area contributed by atoms with Crippen LogP contribution in [0.25, 0.3) is 0 Å². The molecule has 0 atom stereocenters. The minimum absolute atomic E-state index is 0.0512. The number of rotatable bonds is 2. The van der Waals surface area contributed by atoms with E-state index in [1.165, 1.54) is 0 Å². The third-order valence-electron chi connectivity index (χ3n) is 3.07. The van der Waals surface area contributed by atoms with Gasteiger partial charge in [-0.1, -0.05) is 29.3 Å². The monoisotopic (exact) mass is 254 g/mol. The molecule has 0 heterocycles. The molecule has 3 nitrogen and oxygen atoms in total. The summed E-state index contributed by atoms with van der Waals surface area (Å²) >= 11 is 0. The van der Waals surface area contributed by atoms with Gasteiger partial charge < -0.3 is 10.6 Å². The zero-order valence-electron chi connectivity index (χ0n) is 11.5. The number of amides is 1. The molecule has 19 heavy (non-hydrogen) atoms. The van der Waals surface area contributed by atoms with Crippen molar-refractivity contribution in [3.63, 3.8) is 0 Å². The van der Waals surface area contributed by atoms with Gasteiger partial charge in [-0.15, -0.1) is 0 Å². The second-order valence-corrected chi connectivity index (χ2v) is 4.80. The summed E-state index contributed by atoms with van der Waals surface area (Å²) in [6.45, 7) is 3.97. The van der Waals surface area contributed by atoms with E-state index in [0.29, 0.717) is 11.3 Å². The third-order valence-corrected chi connectivity index (χ3v) is 3.07. The molecule has 0 unspecified atom stereocenters. The molecule has 0 saturated heterocycles. The molecule has 2 aromatic carbocycles. The lowest BCUT2D eigenvalue weighted by Gasteiger charge is -2.19. The van der Waals surface area contributed by atoms with Crippen molar-refractivity contribution in [2.24, 2.45) is 0 Å². The van der Waals surface area contributed by atoms with E-state index in [1.54, 1.807) is 18.0 Å². The molecule has 0 radical (unpaired) electrons. The normalized spacial score (nSPS) is 10.3. The van der Waals surface area contributed by atoms with Gasteiger partial charge in [0.05, 0.1) is 11.4 Å². The first-order valence-corrected chi connectivity index (χ1v) is 6.20. The van der Waals surface area contributed by atoms with Crippen LogP contribution in [-0.4, -0.2) is 13.0 Å². The zero-order chi connectivity index (χ0) is 14.0. The highest BCUT2D eigenvalue weighted by Crippen LogP contribution is 2.23. The summed E-state index contributed by atoms with van der Waals surface area (Å²) in [5.41, 5.74) is 10.1. The summed E-state index contributed by atoms with van der Waals surface area (Å²) < 4.78 is 0. The number of aryl methyl sites for hydroxylation is 2. The van der Waals surface area contributed by atoms with Crippen molar-refractivity contribution in [3.8, 4) is 0 Å². The average molecular weight is 254 g/mol. The van der Waals surface area contributed by atoms with Gasteiger partial charge in [0, 0.05) is 12.6 Å². The molecule has 3 heteroatoms. The quantitative estimate of drug-likeness (QED) is 0.837. The molecule has 0 aliphatic carbocycles. The Balaban J connectivity index is 2.36. The molecule has 2 aromatic rings. The lowest BCUT2D eigenvalue weighted by Crippen LogP contribution is -2.27. The van der Waals surface area contributed by atoms with Crippen molar-refractivity contribution >= 4 is 17.3 Å². The van der Waals surface area contributed by atoms with E-state index in [-0.39, 0.29) is 5.91 Å². The highest BCUT2D eigenvalue weighted by atomic mass is 16.2. The van der Waals surface area contributed by atoms with E-state index < -0.39 is 0 Å². The standard InChI is InChI=1S/C16H18N2O/c1-11-8-12(2)10-13(9-11)16(19)18(3)15-7-5-4-6-14(15)17/h4-10H,17H2,1-3H3. The largest absolute Gasteiger partial charge is 0.397 e. The van der Waals surface area contributed by atoms with Crippen LogP contribution in [0.15, 0.2) is 42.5 Å². The first-order chi connectivity index (χ1) is 8.99. The second kappa shape index (κ2) is 5.14. The molecule has 0 spiro atoms. The topological polar surface area (TPSA) is 46.3 Å². The van der Waals surface area contributed by atoms with Crippen LogP contribution in [0.3, 0.4) is 0 Å². The summed E-state index contributed by atoms with van der Waals surface area (Å²) in [4.78, 5) is 14.1. The van der Waals surface area contributed by atoms with E-state index in [1.807, 2.05) is 50.2 Å². The Labute approximate surface area is 113 Å². The number of hydrogen-bond donors (Lipinski definition) is 1. The maximum Gasteiger partial charge on any atom is 0.258 e. The maximum atomic E-state index is 12.5. The van der Waals surface area contributed by atoms with E-state index >= 15 is 0 Å². The van der Waals surface area contributed by atoms with Gasteiger partial charge in [0.1, 0.15) is 0 Å². The summed E-state index contributed by atoms with van der Waals surface area (Å²) in [6, 6.07) is 13.2. The number of nitrogens with two attached hydrogens (primary N) is 1. The molecule has 2 rings (SSSR count). The van der Waals surface area contributed by atoms with Gasteiger partial charge in [-0.05, 0) is 38.1 Å². The average Bonchev–Trinajstić information content (AvgIpc) is 2.36. The van der Waals surface area contributed by atoms with Gasteiger partial charge in [0.15, 0.2) is 0 Å². The van der Waals surface area contributed by atoms with Gasteiger partial charge in [0.25, 0.3) is 5.91 Å². The number of nitrogens with zero attached hydrogens (tertiary/aromatic N) is 1. The minimum atomic E-state index is -0.0512. The number of nitrogen functional groups attached to an aromatic ring is 1. The Bertz CT molecular complexity index is 600. The molecule has 98 valence electrons. The highest BCUT2D eigenvalue weighted by molar-refractivity contribution is 6.07. The van der Waals surface area contributed by atoms with E-state index in [2.05, 4.69) is 0 Å². The summed E-state index contributed by atoms with van der Waals surface area (Å²) in [7, 11) is 1.74. The van der Waals surface area contributed by atoms with Crippen LogP contribution in [0.5, 0.6) is 0 Å². The van der Waals surface area contributed by atoms with Crippen LogP contribution in [0, 0.1) is 13.8 Å². The molecule has 2 N–H and O–H groups in total. The lowest BCUT2D eigenvalue weighted by atomic mass is 10.1. The van der Waals surface area contributed by atoms with Crippen LogP contribution in [0.1, 0.15) is 21.5 Å². The lowest BCUT2D eigenvalue weighted by molar-refractivity contribution is 0.0993. The fourth-order valence-electron chi connectivity index (χ4n) is 2.19. The molecule has 0 aliphatic heterocycles. The van der Waals surface area contributed by atoms with Crippen molar-refractivity contribution in [2.75, 3.05) is 17.7 Å². The summed E-state index contributed by atoms with van der Waals surface area (Å²) in [6.07, 6.45) is 0. The minimum Gasteiger partial charge on any atom is -0.397 e. The molecule has 0 fully saturated rings. The predicted octanol–water partition coefficient (Wildman–Crippen LogP) is 3.16. The van der Waals surface area contributed by atoms with E-state index in [0.717, 1.165) is 16.8 Å². The van der Waals surface area contributed by atoms with Crippen LogP contribution >= 0.6 is 0 Å². The molecule has 0 saturated carbocycles. The Morgan fingerprint density at radius 3 is 2.21 bits per heavy atom. The Morgan fingerprint density at radius 2 is 1.63 bits per heavy atom. The van der Waals surface area contributed by atoms with Gasteiger partial charge >= 0.3 is 0 Å². The fraction of sp³-hybridized carbons (Fsp3) is 0.188. The Hall–Kier alpha value is -2.29. The predicted molar refractivity (Wildman–Crippen MR) is 79.5 cm³/mol. The smallest absolute Gasteiger partial charge is 0.258 e. The molecular weight excluding hydrogens is 236 g/mol. The van der Waals surface area contributed by atoms with E-state index in [9.17, 15) is 4.79 Å². The first-order valence-electron chi connectivity index (χ1n) is 6.20. The maximum absolute atomic E-state index is 12.5. The van der Waals surface area contributed by atoms with Crippen molar-refractivity contribution in [2.45, 2.75) is 13.8 Å². The third kappa shape index (κ3) is 2.76. The molecule has 1 amide bonds. The molecule has 0 aromatic heterocycles. The van der Waals surface area contributed by atoms with Crippen LogP contribution in [0.4, 0.5) is 11.4 Å². The number of carbonyl (C=O) groups is 1. The number of carbonyl (C=O) groups excluding carboxylic acids is 1. The Morgan fingerprint density at radius 1 is 1.05 bits per heavy atom. The summed E-state index contributed by atoms with van der Waals surface area (Å²) in [5.74, 6) is -0.0512. The fourth-order valence-corrected chi connectivity index (χ4v) is 2.19. The van der Waals surface area contributed by atoms with Crippen LogP contribution in [-0.2, 0) is 0 Å². The van der Waals surface area contributed by atoms with Gasteiger partial charge in [-0.2, -0.15) is 0 Å². The van der Waals surface area contributed by atoms with Crippen LogP contribution in [0.2, 0.25) is 0 Å². The van der Waals surface area contributed by atoms with Gasteiger partial charge in [-0.3, -0.25) is 4.79 Å². The number of hydrogen-bond acceptors (Lipinski definition) is 2. The van der Waals surface area contributed by atoms with Crippen molar-refractivity contribution in [1.82, 2.24) is 0 Å². The molecule has 0 bridgehead atoms. The number of benzene rings is 2. The van der Waals surface area contributed by atoms with Crippen molar-refractivity contribution < 1.29 is 4.79 Å². The molecular formula is C16H18N2O. The van der Waals surface area contributed by atoms with Gasteiger partial charge in [-0.25, -0.2) is 0 Å². The SMILES string of the molecule is Cc1cc(C)cc(C(=O)N(C)c2ccccc2N)c1. The molecule has 0 aliphatic rings. The Kier molecular flexibility index (Phi) is 3.56. The van der Waals surface area contributed by atoms with Crippen LogP contribution < -0.4 is 10.6 Å². The second-order valence-electron chi connectivity index (χ2n) is 4.80. The summed E-state index contributed by atoms with van der Waals surface area (Å²) in [5, 5.41) is 0. The number of anilines is 2. The zero-order valence-corrected chi connectivity index (χ0v) is 11.5. The first kappa shape index (κ1) is 13.1. The van der Waals surface area contributed by atoms with Crippen molar-refractivity contribution in [1.29, 1.82) is 0 Å². The van der Waals surface area contributed by atoms with Gasteiger partial charge in [0.2, 0.25) is 0 Å². The van der Waals surface area contributed by atoms with Crippen molar-refractivity contribution in [3.05, 3.63) is 59.2 Å². The highest BCUT2D eigenvalue weighted by Gasteiger charge is 2.15. The van der Waals surface area contributed by atoms with E-state index in [4.69, 9.17) is 5.73 Å².